The predicted octanol–water partition coefficient (Wildman–Crippen LogP) is 3.28. The summed E-state index contributed by atoms with van der Waals surface area (Å²) in [7, 11) is 0. The number of aromatic nitrogens is 1. The molecular weight excluding hydrogens is 250 g/mol. The van der Waals surface area contributed by atoms with Crippen LogP contribution in [-0.4, -0.2) is 16.1 Å². The number of aromatic carboxylic acids is 1. The minimum absolute atomic E-state index is 0.294. The lowest BCUT2D eigenvalue weighted by Gasteiger charge is -1.99. The van der Waals surface area contributed by atoms with Crippen molar-refractivity contribution >= 4 is 17.7 Å². The minimum atomic E-state index is -0.912. The molecular formula is C13H13NO3S. The first-order valence-corrected chi connectivity index (χ1v) is 6.44. The van der Waals surface area contributed by atoms with E-state index in [0.717, 1.165) is 16.3 Å². The van der Waals surface area contributed by atoms with Gasteiger partial charge in [-0.3, -0.25) is 0 Å². The maximum atomic E-state index is 10.7. The second kappa shape index (κ2) is 5.27. The molecule has 1 aromatic carbocycles. The summed E-state index contributed by atoms with van der Waals surface area (Å²) in [5, 5.41) is 8.79. The molecule has 0 aliphatic rings. The number of benzene rings is 1. The normalized spacial score (nSPS) is 10.6. The Balaban J connectivity index is 2.00. The molecule has 2 rings (SSSR count). The van der Waals surface area contributed by atoms with Gasteiger partial charge in [0.2, 0.25) is 5.89 Å². The van der Waals surface area contributed by atoms with E-state index in [1.807, 2.05) is 13.8 Å². The third-order valence-corrected chi connectivity index (χ3v) is 3.53. The van der Waals surface area contributed by atoms with Crippen LogP contribution in [0, 0.1) is 13.8 Å². The van der Waals surface area contributed by atoms with Crippen molar-refractivity contribution in [1.29, 1.82) is 0 Å². The summed E-state index contributed by atoms with van der Waals surface area (Å²) >= 11 is 1.57. The minimum Gasteiger partial charge on any atom is -0.478 e. The molecule has 94 valence electrons. The molecule has 1 N–H and O–H groups in total. The van der Waals surface area contributed by atoms with E-state index >= 15 is 0 Å². The number of oxazole rings is 1. The third kappa shape index (κ3) is 2.92. The molecule has 0 saturated carbocycles. The van der Waals surface area contributed by atoms with Crippen molar-refractivity contribution in [3.8, 4) is 0 Å². The number of thioether (sulfide) groups is 1. The molecule has 0 bridgehead atoms. The first-order chi connectivity index (χ1) is 8.56. The van der Waals surface area contributed by atoms with E-state index in [9.17, 15) is 4.79 Å². The molecule has 0 aliphatic heterocycles. The lowest BCUT2D eigenvalue weighted by atomic mass is 10.2. The van der Waals surface area contributed by atoms with Crippen LogP contribution < -0.4 is 0 Å². The summed E-state index contributed by atoms with van der Waals surface area (Å²) in [6, 6.07) is 6.76. The van der Waals surface area contributed by atoms with E-state index in [-0.39, 0.29) is 0 Å². The number of hydrogen-bond acceptors (Lipinski definition) is 4. The Kier molecular flexibility index (Phi) is 3.72. The highest BCUT2D eigenvalue weighted by atomic mass is 32.2. The fourth-order valence-corrected chi connectivity index (χ4v) is 2.18. The summed E-state index contributed by atoms with van der Waals surface area (Å²) in [4.78, 5) is 16.0. The lowest BCUT2D eigenvalue weighted by molar-refractivity contribution is 0.0697. The quantitative estimate of drug-likeness (QED) is 0.857. The summed E-state index contributed by atoms with van der Waals surface area (Å²) in [6.07, 6.45) is 0. The molecule has 0 atom stereocenters. The SMILES string of the molecule is Cc1nc(CSc2ccc(C(=O)O)cc2)oc1C. The van der Waals surface area contributed by atoms with Gasteiger partial charge < -0.3 is 9.52 Å². The van der Waals surface area contributed by atoms with E-state index in [0.29, 0.717) is 17.2 Å². The van der Waals surface area contributed by atoms with Crippen molar-refractivity contribution in [1.82, 2.24) is 4.98 Å². The van der Waals surface area contributed by atoms with Crippen molar-refractivity contribution in [2.24, 2.45) is 0 Å². The van der Waals surface area contributed by atoms with E-state index in [4.69, 9.17) is 9.52 Å². The second-order valence-corrected chi connectivity index (χ2v) is 4.92. The number of carboxylic acids is 1. The van der Waals surface area contributed by atoms with Gasteiger partial charge in [0.15, 0.2) is 0 Å². The maximum Gasteiger partial charge on any atom is 0.335 e. The van der Waals surface area contributed by atoms with Crippen molar-refractivity contribution in [2.75, 3.05) is 0 Å². The first-order valence-electron chi connectivity index (χ1n) is 5.45. The topological polar surface area (TPSA) is 63.3 Å². The van der Waals surface area contributed by atoms with Gasteiger partial charge >= 0.3 is 5.97 Å². The second-order valence-electron chi connectivity index (χ2n) is 3.87. The van der Waals surface area contributed by atoms with E-state index in [2.05, 4.69) is 4.98 Å². The molecule has 0 radical (unpaired) electrons. The number of carbonyl (C=O) groups is 1. The van der Waals surface area contributed by atoms with Crippen LogP contribution in [0.5, 0.6) is 0 Å². The molecule has 2 aromatic rings. The molecule has 0 saturated heterocycles. The highest BCUT2D eigenvalue weighted by Crippen LogP contribution is 2.23. The monoisotopic (exact) mass is 263 g/mol. The zero-order chi connectivity index (χ0) is 13.1. The lowest BCUT2D eigenvalue weighted by Crippen LogP contribution is -1.94. The highest BCUT2D eigenvalue weighted by Gasteiger charge is 2.07. The molecule has 0 aliphatic carbocycles. The number of hydrogen-bond donors (Lipinski definition) is 1. The predicted molar refractivity (Wildman–Crippen MR) is 68.9 cm³/mol. The molecule has 18 heavy (non-hydrogen) atoms. The molecule has 0 fully saturated rings. The van der Waals surface area contributed by atoms with Gasteiger partial charge in [-0.25, -0.2) is 9.78 Å². The van der Waals surface area contributed by atoms with Gasteiger partial charge in [0.25, 0.3) is 0 Å². The molecule has 0 unspecified atom stereocenters. The number of rotatable bonds is 4. The highest BCUT2D eigenvalue weighted by molar-refractivity contribution is 7.98. The van der Waals surface area contributed by atoms with Crippen LogP contribution in [0.1, 0.15) is 27.7 Å². The first kappa shape index (κ1) is 12.7. The fraction of sp³-hybridized carbons (Fsp3) is 0.231. The summed E-state index contributed by atoms with van der Waals surface area (Å²) < 4.78 is 5.47. The van der Waals surface area contributed by atoms with Crippen molar-refractivity contribution in [2.45, 2.75) is 24.5 Å². The fourth-order valence-electron chi connectivity index (χ4n) is 1.44. The van der Waals surface area contributed by atoms with E-state index < -0.39 is 5.97 Å². The van der Waals surface area contributed by atoms with Gasteiger partial charge in [0.05, 0.1) is 17.0 Å². The van der Waals surface area contributed by atoms with Crippen molar-refractivity contribution < 1.29 is 14.3 Å². The van der Waals surface area contributed by atoms with Gasteiger partial charge in [-0.05, 0) is 38.1 Å². The van der Waals surface area contributed by atoms with E-state index in [1.165, 1.54) is 0 Å². The zero-order valence-corrected chi connectivity index (χ0v) is 11.0. The molecule has 0 amide bonds. The van der Waals surface area contributed by atoms with Crippen LogP contribution in [0.3, 0.4) is 0 Å². The Bertz CT molecular complexity index is 541. The molecule has 5 heteroatoms. The van der Waals surface area contributed by atoms with Gasteiger partial charge in [0.1, 0.15) is 5.76 Å². The van der Waals surface area contributed by atoms with Crippen LogP contribution in [0.15, 0.2) is 33.6 Å². The largest absolute Gasteiger partial charge is 0.478 e. The van der Waals surface area contributed by atoms with Crippen LogP contribution in [0.25, 0.3) is 0 Å². The Hall–Kier alpha value is -1.75. The molecule has 0 spiro atoms. The van der Waals surface area contributed by atoms with Gasteiger partial charge in [0, 0.05) is 4.90 Å². The zero-order valence-electron chi connectivity index (χ0n) is 10.1. The molecule has 4 nitrogen and oxygen atoms in total. The van der Waals surface area contributed by atoms with Gasteiger partial charge in [-0.2, -0.15) is 0 Å². The summed E-state index contributed by atoms with van der Waals surface area (Å²) in [6.45, 7) is 3.80. The van der Waals surface area contributed by atoms with Gasteiger partial charge in [-0.1, -0.05) is 0 Å². The Morgan fingerprint density at radius 1 is 1.33 bits per heavy atom. The van der Waals surface area contributed by atoms with Crippen LogP contribution in [0.4, 0.5) is 0 Å². The number of carboxylic acid groups (broad SMARTS) is 1. The molecule has 1 heterocycles. The average Bonchev–Trinajstić information content (AvgIpc) is 2.67. The van der Waals surface area contributed by atoms with Crippen LogP contribution in [0.2, 0.25) is 0 Å². The smallest absolute Gasteiger partial charge is 0.335 e. The van der Waals surface area contributed by atoms with E-state index in [1.54, 1.807) is 36.0 Å². The standard InChI is InChI=1S/C13H13NO3S/c1-8-9(2)17-12(14-8)7-18-11-5-3-10(4-6-11)13(15)16/h3-6H,7H2,1-2H3,(H,15,16). The maximum absolute atomic E-state index is 10.7. The van der Waals surface area contributed by atoms with Crippen LogP contribution in [-0.2, 0) is 5.75 Å². The third-order valence-electron chi connectivity index (χ3n) is 2.54. The number of aryl methyl sites for hydroxylation is 2. The van der Waals surface area contributed by atoms with Gasteiger partial charge in [-0.15, -0.1) is 11.8 Å². The van der Waals surface area contributed by atoms with Crippen molar-refractivity contribution in [3.63, 3.8) is 0 Å². The number of nitrogens with zero attached hydrogens (tertiary/aromatic N) is 1. The summed E-state index contributed by atoms with van der Waals surface area (Å²) in [5.74, 6) is 1.26. The molecule has 1 aromatic heterocycles. The Labute approximate surface area is 109 Å². The van der Waals surface area contributed by atoms with Crippen molar-refractivity contribution in [3.05, 3.63) is 47.2 Å². The average molecular weight is 263 g/mol. The Morgan fingerprint density at radius 2 is 2.00 bits per heavy atom. The van der Waals surface area contributed by atoms with Crippen LogP contribution >= 0.6 is 11.8 Å². The summed E-state index contributed by atoms with van der Waals surface area (Å²) in [5.41, 5.74) is 1.20. The Morgan fingerprint density at radius 3 is 2.50 bits per heavy atom.